The molecule has 2 aromatic carbocycles. The molecule has 1 atom stereocenters. The fraction of sp³-hybridized carbons (Fsp3) is 0.294. The summed E-state index contributed by atoms with van der Waals surface area (Å²) in [6, 6.07) is 17.9. The average molecular weight is 271 g/mol. The van der Waals surface area contributed by atoms with Crippen molar-refractivity contribution in [1.82, 2.24) is 0 Å². The molecule has 20 heavy (non-hydrogen) atoms. The fourth-order valence-electron chi connectivity index (χ4n) is 1.95. The van der Waals surface area contributed by atoms with Gasteiger partial charge in [-0.1, -0.05) is 30.3 Å². The van der Waals surface area contributed by atoms with Crippen molar-refractivity contribution in [1.29, 1.82) is 0 Å². The van der Waals surface area contributed by atoms with Crippen molar-refractivity contribution in [3.63, 3.8) is 0 Å². The number of rotatable bonds is 7. The van der Waals surface area contributed by atoms with E-state index in [0.717, 1.165) is 24.3 Å². The molecule has 0 bridgehead atoms. The van der Waals surface area contributed by atoms with Crippen LogP contribution in [0.2, 0.25) is 0 Å². The topological polar surface area (TPSA) is 44.5 Å². The number of aryl methyl sites for hydroxylation is 1. The van der Waals surface area contributed by atoms with Crippen LogP contribution in [0.5, 0.6) is 11.5 Å². The van der Waals surface area contributed by atoms with Crippen LogP contribution in [0.1, 0.15) is 12.0 Å². The predicted molar refractivity (Wildman–Crippen MR) is 81.2 cm³/mol. The van der Waals surface area contributed by atoms with Gasteiger partial charge >= 0.3 is 0 Å². The van der Waals surface area contributed by atoms with E-state index in [1.807, 2.05) is 42.5 Å². The zero-order chi connectivity index (χ0) is 14.2. The molecule has 2 rings (SSSR count). The molecular weight excluding hydrogens is 250 g/mol. The summed E-state index contributed by atoms with van der Waals surface area (Å²) in [6.45, 7) is 0.542. The summed E-state index contributed by atoms with van der Waals surface area (Å²) in [7, 11) is 1.67. The summed E-state index contributed by atoms with van der Waals surface area (Å²) in [5, 5.41) is 0. The number of nitrogens with two attached hydrogens (primary N) is 1. The molecule has 0 amide bonds. The van der Waals surface area contributed by atoms with E-state index in [9.17, 15) is 0 Å². The molecule has 3 heteroatoms. The van der Waals surface area contributed by atoms with E-state index in [1.54, 1.807) is 7.11 Å². The quantitative estimate of drug-likeness (QED) is 0.842. The number of hydrogen-bond acceptors (Lipinski definition) is 3. The van der Waals surface area contributed by atoms with Gasteiger partial charge in [0, 0.05) is 6.04 Å². The van der Waals surface area contributed by atoms with E-state index in [-0.39, 0.29) is 6.04 Å². The standard InChI is InChI=1S/C17H21NO2/c1-19-16-11-8-14(9-12-16)7-10-15(18)13-20-17-5-3-2-4-6-17/h2-6,8-9,11-12,15H,7,10,13,18H2,1H3. The summed E-state index contributed by atoms with van der Waals surface area (Å²) in [5.74, 6) is 1.75. The van der Waals surface area contributed by atoms with E-state index in [1.165, 1.54) is 5.56 Å². The van der Waals surface area contributed by atoms with Gasteiger partial charge in [0.2, 0.25) is 0 Å². The van der Waals surface area contributed by atoms with Crippen molar-refractivity contribution >= 4 is 0 Å². The van der Waals surface area contributed by atoms with Crippen LogP contribution in [0.25, 0.3) is 0 Å². The maximum atomic E-state index is 6.08. The summed E-state index contributed by atoms with van der Waals surface area (Å²) in [5.41, 5.74) is 7.34. The molecule has 0 saturated carbocycles. The van der Waals surface area contributed by atoms with Crippen molar-refractivity contribution < 1.29 is 9.47 Å². The molecule has 3 nitrogen and oxygen atoms in total. The Morgan fingerprint density at radius 3 is 2.30 bits per heavy atom. The number of para-hydroxylation sites is 1. The lowest BCUT2D eigenvalue weighted by atomic mass is 10.1. The SMILES string of the molecule is COc1ccc(CCC(N)COc2ccccc2)cc1. The van der Waals surface area contributed by atoms with Crippen molar-refractivity contribution in [2.45, 2.75) is 18.9 Å². The smallest absolute Gasteiger partial charge is 0.119 e. The monoisotopic (exact) mass is 271 g/mol. The lowest BCUT2D eigenvalue weighted by Gasteiger charge is -2.13. The second-order valence-corrected chi connectivity index (χ2v) is 4.77. The second kappa shape index (κ2) is 7.56. The molecule has 1 unspecified atom stereocenters. The van der Waals surface area contributed by atoms with Crippen LogP contribution in [0, 0.1) is 0 Å². The highest BCUT2D eigenvalue weighted by Gasteiger charge is 2.04. The van der Waals surface area contributed by atoms with Gasteiger partial charge in [-0.2, -0.15) is 0 Å². The molecule has 2 aromatic rings. The van der Waals surface area contributed by atoms with Crippen LogP contribution in [-0.2, 0) is 6.42 Å². The van der Waals surface area contributed by atoms with Crippen molar-refractivity contribution in [3.05, 3.63) is 60.2 Å². The Balaban J connectivity index is 1.73. The van der Waals surface area contributed by atoms with Gasteiger partial charge < -0.3 is 15.2 Å². The highest BCUT2D eigenvalue weighted by molar-refractivity contribution is 5.27. The second-order valence-electron chi connectivity index (χ2n) is 4.77. The Bertz CT molecular complexity index is 496. The first-order valence-corrected chi connectivity index (χ1v) is 6.84. The Kier molecular flexibility index (Phi) is 5.44. The molecule has 0 aliphatic rings. The summed E-state index contributed by atoms with van der Waals surface area (Å²) in [6.07, 6.45) is 1.85. The Morgan fingerprint density at radius 1 is 0.950 bits per heavy atom. The third-order valence-electron chi connectivity index (χ3n) is 3.17. The summed E-state index contributed by atoms with van der Waals surface area (Å²) in [4.78, 5) is 0. The molecule has 0 spiro atoms. The minimum Gasteiger partial charge on any atom is -0.497 e. The molecule has 106 valence electrons. The molecule has 0 radical (unpaired) electrons. The minimum atomic E-state index is 0.0392. The molecule has 0 aromatic heterocycles. The highest BCUT2D eigenvalue weighted by Crippen LogP contribution is 2.13. The van der Waals surface area contributed by atoms with Gasteiger partial charge in [0.25, 0.3) is 0 Å². The number of methoxy groups -OCH3 is 1. The Labute approximate surface area is 120 Å². The van der Waals surface area contributed by atoms with Gasteiger partial charge in [-0.25, -0.2) is 0 Å². The van der Waals surface area contributed by atoms with Crippen LogP contribution in [-0.4, -0.2) is 19.8 Å². The van der Waals surface area contributed by atoms with Crippen LogP contribution < -0.4 is 15.2 Å². The van der Waals surface area contributed by atoms with E-state index in [0.29, 0.717) is 6.61 Å². The van der Waals surface area contributed by atoms with E-state index >= 15 is 0 Å². The molecule has 0 saturated heterocycles. The largest absolute Gasteiger partial charge is 0.497 e. The number of ether oxygens (including phenoxy) is 2. The summed E-state index contributed by atoms with van der Waals surface area (Å²) < 4.78 is 10.8. The lowest BCUT2D eigenvalue weighted by molar-refractivity contribution is 0.282. The first-order valence-electron chi connectivity index (χ1n) is 6.84. The van der Waals surface area contributed by atoms with Crippen LogP contribution in [0.3, 0.4) is 0 Å². The maximum absolute atomic E-state index is 6.08. The van der Waals surface area contributed by atoms with Crippen molar-refractivity contribution in [2.24, 2.45) is 5.73 Å². The van der Waals surface area contributed by atoms with E-state index in [2.05, 4.69) is 12.1 Å². The summed E-state index contributed by atoms with van der Waals surface area (Å²) >= 11 is 0. The third-order valence-corrected chi connectivity index (χ3v) is 3.17. The van der Waals surface area contributed by atoms with Gasteiger partial charge in [-0.15, -0.1) is 0 Å². The van der Waals surface area contributed by atoms with Crippen molar-refractivity contribution in [2.75, 3.05) is 13.7 Å². The minimum absolute atomic E-state index is 0.0392. The molecular formula is C17H21NO2. The Morgan fingerprint density at radius 2 is 1.65 bits per heavy atom. The van der Waals surface area contributed by atoms with Crippen LogP contribution >= 0.6 is 0 Å². The zero-order valence-electron chi connectivity index (χ0n) is 11.8. The highest BCUT2D eigenvalue weighted by atomic mass is 16.5. The first kappa shape index (κ1) is 14.4. The normalized spacial score (nSPS) is 11.9. The molecule has 0 heterocycles. The van der Waals surface area contributed by atoms with Gasteiger partial charge in [0.05, 0.1) is 7.11 Å². The van der Waals surface area contributed by atoms with Gasteiger partial charge in [0.15, 0.2) is 0 Å². The average Bonchev–Trinajstić information content (AvgIpc) is 2.52. The third kappa shape index (κ3) is 4.59. The number of benzene rings is 2. The molecule has 0 fully saturated rings. The van der Waals surface area contributed by atoms with Gasteiger partial charge in [0.1, 0.15) is 18.1 Å². The molecule has 2 N–H and O–H groups in total. The van der Waals surface area contributed by atoms with Crippen LogP contribution in [0.15, 0.2) is 54.6 Å². The van der Waals surface area contributed by atoms with Crippen LogP contribution in [0.4, 0.5) is 0 Å². The molecule has 0 aliphatic heterocycles. The Hall–Kier alpha value is -2.00. The lowest BCUT2D eigenvalue weighted by Crippen LogP contribution is -2.28. The number of hydrogen-bond donors (Lipinski definition) is 1. The van der Waals surface area contributed by atoms with Crippen molar-refractivity contribution in [3.8, 4) is 11.5 Å². The van der Waals surface area contributed by atoms with E-state index in [4.69, 9.17) is 15.2 Å². The predicted octanol–water partition coefficient (Wildman–Crippen LogP) is 3.03. The van der Waals surface area contributed by atoms with Gasteiger partial charge in [-0.3, -0.25) is 0 Å². The van der Waals surface area contributed by atoms with E-state index < -0.39 is 0 Å². The molecule has 0 aliphatic carbocycles. The fourth-order valence-corrected chi connectivity index (χ4v) is 1.95. The maximum Gasteiger partial charge on any atom is 0.119 e. The van der Waals surface area contributed by atoms with Gasteiger partial charge in [-0.05, 0) is 42.7 Å². The zero-order valence-corrected chi connectivity index (χ0v) is 11.8. The first-order chi connectivity index (χ1) is 9.78.